The molecule has 2 aromatic heterocycles. The third-order valence-corrected chi connectivity index (χ3v) is 4.71. The number of thiophene rings is 1. The summed E-state index contributed by atoms with van der Waals surface area (Å²) in [5.74, 6) is 2.45. The zero-order valence-corrected chi connectivity index (χ0v) is 16.2. The van der Waals surface area contributed by atoms with E-state index in [9.17, 15) is 0 Å². The van der Waals surface area contributed by atoms with Gasteiger partial charge in [0.05, 0.1) is 6.54 Å². The Morgan fingerprint density at radius 3 is 2.75 bits per heavy atom. The van der Waals surface area contributed by atoms with E-state index in [0.29, 0.717) is 18.5 Å². The lowest BCUT2D eigenvalue weighted by molar-refractivity contribution is 0.503. The van der Waals surface area contributed by atoms with Gasteiger partial charge in [-0.15, -0.1) is 11.3 Å². The zero-order chi connectivity index (χ0) is 17.5. The molecule has 5 nitrogen and oxygen atoms in total. The highest BCUT2D eigenvalue weighted by Crippen LogP contribution is 2.16. The number of guanidine groups is 1. The number of rotatable bonds is 7. The van der Waals surface area contributed by atoms with Crippen LogP contribution in [0.1, 0.15) is 36.3 Å². The lowest BCUT2D eigenvalue weighted by atomic mass is 10.2. The summed E-state index contributed by atoms with van der Waals surface area (Å²) in [5.41, 5.74) is 0. The predicted molar refractivity (Wildman–Crippen MR) is 103 cm³/mol. The average molecular weight is 348 g/mol. The van der Waals surface area contributed by atoms with Crippen LogP contribution in [0.5, 0.6) is 0 Å². The molecule has 0 aliphatic rings. The van der Waals surface area contributed by atoms with Crippen molar-refractivity contribution < 1.29 is 0 Å². The molecule has 0 saturated carbocycles. The van der Waals surface area contributed by atoms with Gasteiger partial charge in [0.15, 0.2) is 5.96 Å². The monoisotopic (exact) mass is 347 g/mol. The van der Waals surface area contributed by atoms with Crippen molar-refractivity contribution in [3.05, 3.63) is 40.1 Å². The van der Waals surface area contributed by atoms with Crippen molar-refractivity contribution >= 4 is 17.3 Å². The highest BCUT2D eigenvalue weighted by molar-refractivity contribution is 7.11. The number of hydrogen-bond donors (Lipinski definition) is 2. The van der Waals surface area contributed by atoms with Gasteiger partial charge >= 0.3 is 0 Å². The Morgan fingerprint density at radius 1 is 1.33 bits per heavy atom. The highest BCUT2D eigenvalue weighted by Gasteiger charge is 2.09. The molecule has 0 fully saturated rings. The van der Waals surface area contributed by atoms with Gasteiger partial charge in [-0.3, -0.25) is 4.99 Å². The number of nitrogens with one attached hydrogen (secondary N) is 2. The molecule has 2 heterocycles. The van der Waals surface area contributed by atoms with Gasteiger partial charge in [-0.2, -0.15) is 0 Å². The van der Waals surface area contributed by atoms with E-state index in [1.807, 2.05) is 23.7 Å². The number of aryl methyl sites for hydroxylation is 1. The first-order valence-electron chi connectivity index (χ1n) is 8.50. The molecule has 0 aliphatic heterocycles. The van der Waals surface area contributed by atoms with Crippen LogP contribution in [0, 0.1) is 12.8 Å². The summed E-state index contributed by atoms with van der Waals surface area (Å²) in [6, 6.07) is 4.70. The van der Waals surface area contributed by atoms with Crippen molar-refractivity contribution in [2.24, 2.45) is 10.9 Å². The minimum Gasteiger partial charge on any atom is -0.354 e. The first-order chi connectivity index (χ1) is 11.5. The quantitative estimate of drug-likeness (QED) is 0.597. The molecule has 2 N–H and O–H groups in total. The molecule has 0 saturated heterocycles. The molecule has 0 amide bonds. The fraction of sp³-hybridized carbons (Fsp3) is 0.556. The van der Waals surface area contributed by atoms with Crippen LogP contribution in [0.3, 0.4) is 0 Å². The normalized spacial score (nSPS) is 13.3. The van der Waals surface area contributed by atoms with Gasteiger partial charge < -0.3 is 15.2 Å². The molecule has 1 atom stereocenters. The Labute approximate surface area is 149 Å². The lowest BCUT2D eigenvalue weighted by Crippen LogP contribution is -2.43. The number of nitrogens with zero attached hydrogens (tertiary/aromatic N) is 3. The Balaban J connectivity index is 1.85. The maximum atomic E-state index is 4.44. The number of aliphatic imine (C=N–C) groups is 1. The molecule has 0 aliphatic carbocycles. The van der Waals surface area contributed by atoms with Crippen molar-refractivity contribution in [3.63, 3.8) is 0 Å². The molecule has 132 valence electrons. The SMILES string of the molecule is CN=C(NCc1nccn1CC(C)C)NC(C)Cc1ccc(C)s1. The number of aromatic nitrogens is 2. The van der Waals surface area contributed by atoms with Crippen LogP contribution >= 0.6 is 11.3 Å². The Hall–Kier alpha value is -1.82. The van der Waals surface area contributed by atoms with Gasteiger partial charge in [-0.25, -0.2) is 4.98 Å². The second kappa shape index (κ2) is 8.87. The fourth-order valence-corrected chi connectivity index (χ4v) is 3.62. The molecule has 0 spiro atoms. The van der Waals surface area contributed by atoms with Crippen LogP contribution in [0.4, 0.5) is 0 Å². The summed E-state index contributed by atoms with van der Waals surface area (Å²) >= 11 is 1.86. The van der Waals surface area contributed by atoms with Crippen molar-refractivity contribution in [2.45, 2.75) is 53.2 Å². The first-order valence-corrected chi connectivity index (χ1v) is 9.32. The third-order valence-electron chi connectivity index (χ3n) is 3.69. The van der Waals surface area contributed by atoms with E-state index in [0.717, 1.165) is 24.7 Å². The summed E-state index contributed by atoms with van der Waals surface area (Å²) in [6.07, 6.45) is 4.90. The molecular formula is C18H29N5S. The van der Waals surface area contributed by atoms with Crippen LogP contribution in [-0.2, 0) is 19.5 Å². The van der Waals surface area contributed by atoms with E-state index < -0.39 is 0 Å². The summed E-state index contributed by atoms with van der Waals surface area (Å²) in [5, 5.41) is 6.82. The number of imidazole rings is 1. The van der Waals surface area contributed by atoms with Gasteiger partial charge in [0.2, 0.25) is 0 Å². The van der Waals surface area contributed by atoms with E-state index >= 15 is 0 Å². The summed E-state index contributed by atoms with van der Waals surface area (Å²) < 4.78 is 2.20. The summed E-state index contributed by atoms with van der Waals surface area (Å²) in [6.45, 7) is 10.4. The van der Waals surface area contributed by atoms with Crippen LogP contribution in [0.15, 0.2) is 29.5 Å². The third kappa shape index (κ3) is 5.67. The molecular weight excluding hydrogens is 318 g/mol. The van der Waals surface area contributed by atoms with Crippen LogP contribution in [0.2, 0.25) is 0 Å². The van der Waals surface area contributed by atoms with Gasteiger partial charge in [-0.05, 0) is 31.9 Å². The zero-order valence-electron chi connectivity index (χ0n) is 15.3. The summed E-state index contributed by atoms with van der Waals surface area (Å²) in [4.78, 5) is 11.5. The van der Waals surface area contributed by atoms with Crippen LogP contribution in [-0.4, -0.2) is 28.6 Å². The molecule has 2 rings (SSSR count). The van der Waals surface area contributed by atoms with Crippen molar-refractivity contribution in [1.29, 1.82) is 0 Å². The average Bonchev–Trinajstić information content (AvgIpc) is 3.12. The molecule has 0 radical (unpaired) electrons. The number of hydrogen-bond acceptors (Lipinski definition) is 3. The first kappa shape index (κ1) is 18.5. The molecule has 6 heteroatoms. The van der Waals surface area contributed by atoms with E-state index in [-0.39, 0.29) is 0 Å². The Morgan fingerprint density at radius 2 is 2.12 bits per heavy atom. The van der Waals surface area contributed by atoms with Gasteiger partial charge in [0.25, 0.3) is 0 Å². The summed E-state index contributed by atoms with van der Waals surface area (Å²) in [7, 11) is 1.80. The molecule has 0 bridgehead atoms. The van der Waals surface area contributed by atoms with Gasteiger partial charge in [-0.1, -0.05) is 13.8 Å². The predicted octanol–water partition coefficient (Wildman–Crippen LogP) is 3.21. The molecule has 2 aromatic rings. The van der Waals surface area contributed by atoms with Crippen LogP contribution in [0.25, 0.3) is 0 Å². The topological polar surface area (TPSA) is 54.2 Å². The maximum absolute atomic E-state index is 4.44. The molecule has 1 unspecified atom stereocenters. The second-order valence-electron chi connectivity index (χ2n) is 6.58. The fourth-order valence-electron chi connectivity index (χ4n) is 2.61. The lowest BCUT2D eigenvalue weighted by Gasteiger charge is -2.18. The van der Waals surface area contributed by atoms with Crippen molar-refractivity contribution in [3.8, 4) is 0 Å². The van der Waals surface area contributed by atoms with Gasteiger partial charge in [0, 0.05) is 48.2 Å². The smallest absolute Gasteiger partial charge is 0.191 e. The minimum absolute atomic E-state index is 0.324. The maximum Gasteiger partial charge on any atom is 0.191 e. The molecule has 24 heavy (non-hydrogen) atoms. The molecule has 0 aromatic carbocycles. The van der Waals surface area contributed by atoms with Crippen molar-refractivity contribution in [1.82, 2.24) is 20.2 Å². The second-order valence-corrected chi connectivity index (χ2v) is 7.95. The van der Waals surface area contributed by atoms with E-state index in [2.05, 4.69) is 65.0 Å². The Bertz CT molecular complexity index is 656. The van der Waals surface area contributed by atoms with E-state index in [4.69, 9.17) is 0 Å². The van der Waals surface area contributed by atoms with E-state index in [1.54, 1.807) is 7.05 Å². The van der Waals surface area contributed by atoms with Gasteiger partial charge in [0.1, 0.15) is 5.82 Å². The largest absolute Gasteiger partial charge is 0.354 e. The van der Waals surface area contributed by atoms with Crippen molar-refractivity contribution in [2.75, 3.05) is 7.05 Å². The van der Waals surface area contributed by atoms with Crippen LogP contribution < -0.4 is 10.6 Å². The standard InChI is InChI=1S/C18H29N5S/c1-13(2)12-23-9-8-20-17(23)11-21-18(19-5)22-14(3)10-16-7-6-15(4)24-16/h6-9,13-14H,10-12H2,1-5H3,(H2,19,21,22). The highest BCUT2D eigenvalue weighted by atomic mass is 32.1. The Kier molecular flexibility index (Phi) is 6.85. The van der Waals surface area contributed by atoms with E-state index in [1.165, 1.54) is 9.75 Å². The minimum atomic E-state index is 0.324.